The van der Waals surface area contributed by atoms with Gasteiger partial charge in [-0.3, -0.25) is 4.90 Å². The molecule has 164 valence electrons. The molecule has 2 atom stereocenters. The first-order chi connectivity index (χ1) is 14.5. The summed E-state index contributed by atoms with van der Waals surface area (Å²) in [7, 11) is 0. The van der Waals surface area contributed by atoms with Crippen molar-refractivity contribution in [3.63, 3.8) is 0 Å². The summed E-state index contributed by atoms with van der Waals surface area (Å²) in [6.07, 6.45) is 0.154. The van der Waals surface area contributed by atoms with Crippen LogP contribution in [0.3, 0.4) is 0 Å². The maximum Gasteiger partial charge on any atom is 0.413 e. The van der Waals surface area contributed by atoms with Crippen molar-refractivity contribution in [2.75, 3.05) is 6.54 Å². The second-order valence-corrected chi connectivity index (χ2v) is 7.52. The van der Waals surface area contributed by atoms with E-state index in [-0.39, 0.29) is 29.7 Å². The smallest absolute Gasteiger partial charge is 0.413 e. The Hall–Kier alpha value is -4.03. The second kappa shape index (κ2) is 8.38. The summed E-state index contributed by atoms with van der Waals surface area (Å²) in [6.45, 7) is 5.28. The van der Waals surface area contributed by atoms with Gasteiger partial charge in [0.25, 0.3) is 0 Å². The minimum atomic E-state index is -0.923. The average Bonchev–Trinajstić information content (AvgIpc) is 2.68. The van der Waals surface area contributed by atoms with E-state index in [9.17, 15) is 25.0 Å². The van der Waals surface area contributed by atoms with Crippen LogP contribution >= 0.6 is 0 Å². The molecule has 0 N–H and O–H groups in total. The highest BCUT2D eigenvalue weighted by Crippen LogP contribution is 2.29. The summed E-state index contributed by atoms with van der Waals surface area (Å²) < 4.78 is 16.9. The molecule has 0 radical (unpaired) electrons. The van der Waals surface area contributed by atoms with Gasteiger partial charge >= 0.3 is 17.7 Å². The average molecular weight is 433 g/mol. The number of carbonyl (C=O) groups excluding carboxylic acids is 1. The van der Waals surface area contributed by atoms with Crippen LogP contribution in [-0.4, -0.2) is 55.3 Å². The monoisotopic (exact) mass is 433 g/mol. The van der Waals surface area contributed by atoms with Crippen LogP contribution in [-0.2, 0) is 4.74 Å². The SMILES string of the molecule is CC(C)(C)OC(=O)N1CC(Oc2ccc([N+](=O)[O-])nc2)C1Oc1ccc([N+](=O)[O-])nc1. The molecule has 1 fully saturated rings. The Morgan fingerprint density at radius 2 is 1.52 bits per heavy atom. The number of pyridine rings is 2. The zero-order valence-electron chi connectivity index (χ0n) is 16.8. The summed E-state index contributed by atoms with van der Waals surface area (Å²) in [6, 6.07) is 5.09. The molecule has 2 aromatic rings. The van der Waals surface area contributed by atoms with Gasteiger partial charge in [-0.25, -0.2) is 4.79 Å². The minimum absolute atomic E-state index is 0.122. The van der Waals surface area contributed by atoms with Crippen molar-refractivity contribution in [1.82, 2.24) is 14.9 Å². The molecule has 0 spiro atoms. The van der Waals surface area contributed by atoms with Gasteiger partial charge in [0.05, 0.1) is 6.54 Å². The molecule has 1 aliphatic rings. The number of amides is 1. The fourth-order valence-corrected chi connectivity index (χ4v) is 2.60. The van der Waals surface area contributed by atoms with Crippen LogP contribution < -0.4 is 9.47 Å². The third-order valence-corrected chi connectivity index (χ3v) is 3.99. The van der Waals surface area contributed by atoms with Crippen molar-refractivity contribution in [2.24, 2.45) is 0 Å². The van der Waals surface area contributed by atoms with Crippen LogP contribution in [0.5, 0.6) is 11.5 Å². The third-order valence-electron chi connectivity index (χ3n) is 3.99. The number of aromatic nitrogens is 2. The number of carbonyl (C=O) groups is 1. The first-order valence-electron chi connectivity index (χ1n) is 9.07. The van der Waals surface area contributed by atoms with Crippen LogP contribution in [0.15, 0.2) is 36.7 Å². The Balaban J connectivity index is 1.75. The molecule has 2 aromatic heterocycles. The van der Waals surface area contributed by atoms with E-state index in [1.807, 2.05) is 0 Å². The summed E-state index contributed by atoms with van der Waals surface area (Å²) in [5.41, 5.74) is -0.731. The van der Waals surface area contributed by atoms with E-state index in [1.165, 1.54) is 35.4 Å². The molecular weight excluding hydrogens is 414 g/mol. The Morgan fingerprint density at radius 3 is 1.94 bits per heavy atom. The first kappa shape index (κ1) is 21.7. The molecular formula is C18H19N5O8. The molecule has 1 amide bonds. The lowest BCUT2D eigenvalue weighted by molar-refractivity contribution is -0.389. The molecule has 31 heavy (non-hydrogen) atoms. The van der Waals surface area contributed by atoms with Gasteiger partial charge in [0.1, 0.15) is 5.60 Å². The van der Waals surface area contributed by atoms with E-state index in [1.54, 1.807) is 20.8 Å². The summed E-state index contributed by atoms with van der Waals surface area (Å²) in [5, 5.41) is 21.5. The number of likely N-dealkylation sites (tertiary alicyclic amines) is 1. The molecule has 3 heterocycles. The number of ether oxygens (including phenoxy) is 3. The molecule has 13 nitrogen and oxygen atoms in total. The minimum Gasteiger partial charge on any atom is -0.479 e. The Kier molecular flexibility index (Phi) is 5.86. The highest BCUT2D eigenvalue weighted by molar-refractivity contribution is 5.69. The van der Waals surface area contributed by atoms with E-state index < -0.39 is 33.9 Å². The topological polar surface area (TPSA) is 160 Å². The van der Waals surface area contributed by atoms with Gasteiger partial charge in [-0.05, 0) is 52.7 Å². The number of nitro groups is 2. The summed E-state index contributed by atoms with van der Waals surface area (Å²) >= 11 is 0. The quantitative estimate of drug-likeness (QED) is 0.489. The molecule has 3 rings (SSSR count). The zero-order valence-corrected chi connectivity index (χ0v) is 16.8. The van der Waals surface area contributed by atoms with E-state index in [0.29, 0.717) is 0 Å². The van der Waals surface area contributed by atoms with E-state index in [4.69, 9.17) is 14.2 Å². The predicted molar refractivity (Wildman–Crippen MR) is 104 cm³/mol. The van der Waals surface area contributed by atoms with Gasteiger partial charge in [-0.15, -0.1) is 0 Å². The van der Waals surface area contributed by atoms with Gasteiger partial charge in [-0.1, -0.05) is 0 Å². The maximum absolute atomic E-state index is 12.5. The van der Waals surface area contributed by atoms with E-state index in [0.717, 1.165) is 6.20 Å². The van der Waals surface area contributed by atoms with Crippen molar-refractivity contribution in [2.45, 2.75) is 38.7 Å². The van der Waals surface area contributed by atoms with E-state index in [2.05, 4.69) is 9.97 Å². The lowest BCUT2D eigenvalue weighted by Gasteiger charge is -2.45. The lowest BCUT2D eigenvalue weighted by atomic mass is 10.1. The van der Waals surface area contributed by atoms with Gasteiger partial charge < -0.3 is 34.4 Å². The second-order valence-electron chi connectivity index (χ2n) is 7.52. The Labute approximate surface area is 175 Å². The van der Waals surface area contributed by atoms with Crippen LogP contribution in [0.25, 0.3) is 0 Å². The van der Waals surface area contributed by atoms with Gasteiger partial charge in [-0.2, -0.15) is 0 Å². The van der Waals surface area contributed by atoms with Crippen LogP contribution in [0, 0.1) is 20.2 Å². The molecule has 1 aliphatic heterocycles. The normalized spacial score (nSPS) is 18.0. The van der Waals surface area contributed by atoms with Crippen molar-refractivity contribution < 1.29 is 28.9 Å². The maximum atomic E-state index is 12.5. The molecule has 0 bridgehead atoms. The zero-order chi connectivity index (χ0) is 22.8. The number of rotatable bonds is 6. The highest BCUT2D eigenvalue weighted by Gasteiger charge is 2.48. The highest BCUT2D eigenvalue weighted by atomic mass is 16.6. The van der Waals surface area contributed by atoms with Gasteiger partial charge in [0, 0.05) is 12.1 Å². The van der Waals surface area contributed by atoms with Gasteiger partial charge in [0.2, 0.25) is 6.23 Å². The fourth-order valence-electron chi connectivity index (χ4n) is 2.60. The molecule has 0 aliphatic carbocycles. The largest absolute Gasteiger partial charge is 0.479 e. The van der Waals surface area contributed by atoms with Crippen LogP contribution in [0.1, 0.15) is 20.8 Å². The summed E-state index contributed by atoms with van der Waals surface area (Å²) in [4.78, 5) is 41.3. The van der Waals surface area contributed by atoms with Crippen molar-refractivity contribution in [1.29, 1.82) is 0 Å². The first-order valence-corrected chi connectivity index (χ1v) is 9.07. The fraction of sp³-hybridized carbons (Fsp3) is 0.389. The Morgan fingerprint density at radius 1 is 1.00 bits per heavy atom. The van der Waals surface area contributed by atoms with Crippen molar-refractivity contribution in [3.05, 3.63) is 56.9 Å². The molecule has 0 aromatic carbocycles. The Bertz CT molecular complexity index is 974. The molecule has 2 unspecified atom stereocenters. The molecule has 1 saturated heterocycles. The van der Waals surface area contributed by atoms with Crippen LogP contribution in [0.2, 0.25) is 0 Å². The van der Waals surface area contributed by atoms with Gasteiger partial charge in [0.15, 0.2) is 30.0 Å². The lowest BCUT2D eigenvalue weighted by Crippen LogP contribution is -2.67. The van der Waals surface area contributed by atoms with Crippen LogP contribution in [0.4, 0.5) is 16.4 Å². The third kappa shape index (κ3) is 5.32. The van der Waals surface area contributed by atoms with E-state index >= 15 is 0 Å². The predicted octanol–water partition coefficient (Wildman–Crippen LogP) is 2.70. The van der Waals surface area contributed by atoms with Crippen molar-refractivity contribution in [3.8, 4) is 11.5 Å². The molecule has 0 saturated carbocycles. The van der Waals surface area contributed by atoms with Crippen molar-refractivity contribution >= 4 is 17.7 Å². The molecule has 13 heteroatoms. The number of hydrogen-bond acceptors (Lipinski definition) is 10. The summed E-state index contributed by atoms with van der Waals surface area (Å²) in [5.74, 6) is -0.259. The number of nitrogens with zero attached hydrogens (tertiary/aromatic N) is 5. The standard InChI is InChI=1S/C18H19N5O8/c1-18(2,3)31-17(24)21-10-13(29-11-4-6-14(19-8-11)22(25)26)16(21)30-12-5-7-15(20-9-12)23(27)28/h4-9,13,16H,10H2,1-3H3. The number of hydrogen-bond donors (Lipinski definition) is 0.